The maximum absolute atomic E-state index is 6.27. The van der Waals surface area contributed by atoms with Gasteiger partial charge in [-0.15, -0.1) is 33.2 Å². The van der Waals surface area contributed by atoms with Gasteiger partial charge in [0.2, 0.25) is 0 Å². The summed E-state index contributed by atoms with van der Waals surface area (Å²) in [6.45, 7) is 0. The van der Waals surface area contributed by atoms with Crippen molar-refractivity contribution in [2.45, 2.75) is 19.0 Å². The molecule has 1 rings (SSSR count). The Morgan fingerprint density at radius 2 is 1.25 bits per heavy atom. The van der Waals surface area contributed by atoms with Gasteiger partial charge in [0.05, 0.1) is 0 Å². The number of hydrogen-bond donors (Lipinski definition) is 0. The van der Waals surface area contributed by atoms with E-state index in [1.54, 1.807) is 24.3 Å². The molecule has 0 spiro atoms. The van der Waals surface area contributed by atoms with Crippen LogP contribution in [0.4, 0.5) is 0 Å². The molecule has 10 heteroatoms. The molecule has 0 radical (unpaired) electrons. The average molecular weight is 474 g/mol. The van der Waals surface area contributed by atoms with Crippen LogP contribution in [0.3, 0.4) is 0 Å². The van der Waals surface area contributed by atoms with Gasteiger partial charge in [-0.25, -0.2) is 0 Å². The normalized spacial score (nSPS) is 14.4. The molecule has 0 aliphatic heterocycles. The van der Waals surface area contributed by atoms with E-state index in [4.69, 9.17) is 103 Å². The molecule has 0 aliphatic rings. The summed E-state index contributed by atoms with van der Waals surface area (Å²) in [4.78, 5) is 0. The molecule has 0 nitrogen and oxygen atoms in total. The Morgan fingerprint density at radius 3 is 1.65 bits per heavy atom. The van der Waals surface area contributed by atoms with Gasteiger partial charge in [0.1, 0.15) is 4.33 Å². The van der Waals surface area contributed by atoms with E-state index in [9.17, 15) is 0 Å². The molecule has 0 bridgehead atoms. The summed E-state index contributed by atoms with van der Waals surface area (Å²) in [5.41, 5.74) is 0.573. The molecule has 1 aromatic rings. The third kappa shape index (κ3) is 4.53. The van der Waals surface area contributed by atoms with Gasteiger partial charge in [-0.3, -0.25) is 0 Å². The maximum Gasteiger partial charge on any atom is 0.379 e. The molecule has 0 saturated heterocycles. The average Bonchev–Trinajstić information content (AvgIpc) is 2.27. The van der Waals surface area contributed by atoms with Crippen LogP contribution in [0.2, 0.25) is 0 Å². The molecule has 0 heterocycles. The number of benzene rings is 1. The van der Waals surface area contributed by atoms with Gasteiger partial charge < -0.3 is 0 Å². The second-order valence-corrected chi connectivity index (χ2v) is 17.5. The Balaban J connectivity index is 3.08. The van der Waals surface area contributed by atoms with Crippen molar-refractivity contribution in [3.63, 3.8) is 0 Å². The lowest BCUT2D eigenvalue weighted by molar-refractivity contribution is 0.642. The smallest absolute Gasteiger partial charge is 0.123 e. The van der Waals surface area contributed by atoms with Gasteiger partial charge in [0.15, 0.2) is 8.29 Å². The largest absolute Gasteiger partial charge is 0.379 e. The first-order valence-electron chi connectivity index (χ1n) is 5.07. The van der Waals surface area contributed by atoms with Crippen molar-refractivity contribution in [1.82, 2.24) is 0 Å². The molecule has 0 N–H and O–H groups in total. The summed E-state index contributed by atoms with van der Waals surface area (Å²) in [5.74, 6) is 0. The van der Waals surface area contributed by atoms with Crippen molar-refractivity contribution in [1.29, 1.82) is 0 Å². The lowest BCUT2D eigenvalue weighted by Crippen LogP contribution is -2.52. The fraction of sp³-hybridized carbons (Fsp3) is 0.400. The lowest BCUT2D eigenvalue weighted by atomic mass is 10.1. The van der Waals surface area contributed by atoms with Gasteiger partial charge in [-0.2, -0.15) is 0 Å². The van der Waals surface area contributed by atoms with E-state index in [0.29, 0.717) is 5.56 Å². The van der Waals surface area contributed by atoms with Gasteiger partial charge in [-0.1, -0.05) is 99.9 Å². The van der Waals surface area contributed by atoms with Crippen molar-refractivity contribution in [3.8, 4) is 0 Å². The van der Waals surface area contributed by atoms with E-state index in [1.807, 2.05) is 6.07 Å². The van der Waals surface area contributed by atoms with Crippen LogP contribution in [0.15, 0.2) is 30.3 Å². The van der Waals surface area contributed by atoms with Crippen LogP contribution in [0.25, 0.3) is 0 Å². The maximum atomic E-state index is 6.27. The highest BCUT2D eigenvalue weighted by molar-refractivity contribution is 7.68. The van der Waals surface area contributed by atoms with Crippen molar-refractivity contribution in [2.24, 2.45) is 0 Å². The van der Waals surface area contributed by atoms with E-state index in [2.05, 4.69) is 0 Å². The van der Waals surface area contributed by atoms with Crippen LogP contribution in [0.1, 0.15) is 12.0 Å². The van der Waals surface area contributed by atoms with Crippen molar-refractivity contribution >= 4 is 109 Å². The number of halogens is 9. The summed E-state index contributed by atoms with van der Waals surface area (Å²) < 4.78 is -5.28. The summed E-state index contributed by atoms with van der Waals surface area (Å²) in [6.07, 6.45) is -0.232. The summed E-state index contributed by atoms with van der Waals surface area (Å²) in [5, 5.41) is 0. The van der Waals surface area contributed by atoms with Crippen LogP contribution in [0.5, 0.6) is 0 Å². The molecule has 0 amide bonds. The van der Waals surface area contributed by atoms with Gasteiger partial charge in [0.25, 0.3) is 0 Å². The highest BCUT2D eigenvalue weighted by atomic mass is 35.8. The molecular formula is C10H7Cl9Si. The lowest BCUT2D eigenvalue weighted by Gasteiger charge is -2.39. The van der Waals surface area contributed by atoms with Gasteiger partial charge in [0, 0.05) is 6.42 Å². The molecule has 0 fully saturated rings. The van der Waals surface area contributed by atoms with E-state index in [0.717, 1.165) is 0 Å². The number of alkyl halides is 6. The number of hydrogen-bond acceptors (Lipinski definition) is 0. The summed E-state index contributed by atoms with van der Waals surface area (Å²) in [6, 6.07) is 5.10. The molecule has 0 saturated carbocycles. The quantitative estimate of drug-likeness (QED) is 0.240. The van der Waals surface area contributed by atoms with Crippen molar-refractivity contribution < 1.29 is 0 Å². The van der Waals surface area contributed by atoms with E-state index in [-0.39, 0.29) is 6.42 Å². The Labute approximate surface area is 162 Å². The fourth-order valence-electron chi connectivity index (χ4n) is 1.38. The first kappa shape index (κ1) is 20.1. The molecule has 0 aromatic heterocycles. The molecule has 0 unspecified atom stereocenters. The third-order valence-corrected chi connectivity index (χ3v) is 12.5. The fourth-order valence-corrected chi connectivity index (χ4v) is 6.52. The molecule has 20 heavy (non-hydrogen) atoms. The second-order valence-electron chi connectivity index (χ2n) is 4.02. The predicted molar refractivity (Wildman–Crippen MR) is 96.6 cm³/mol. The van der Waals surface area contributed by atoms with Gasteiger partial charge in [-0.05, 0) is 5.56 Å². The Hall–Kier alpha value is 2.05. The Morgan fingerprint density at radius 1 is 0.800 bits per heavy atom. The summed E-state index contributed by atoms with van der Waals surface area (Å²) in [7, 11) is 0. The number of rotatable bonds is 5. The second kappa shape index (κ2) is 6.89. The first-order valence-corrected chi connectivity index (χ1v) is 12.4. The highest BCUT2D eigenvalue weighted by Crippen LogP contribution is 2.58. The zero-order valence-electron chi connectivity index (χ0n) is 9.50. The standard InChI is InChI=1S/C10H7Cl9Si/c11-8(12,7-4-2-1-3-5-7)6-9(13,14)10(15,16)20(17,18)19/h1-5H,6H2. The predicted octanol–water partition coefficient (Wildman–Crippen LogP) is 7.25. The van der Waals surface area contributed by atoms with Crippen LogP contribution >= 0.6 is 103 Å². The van der Waals surface area contributed by atoms with Crippen LogP contribution in [-0.2, 0) is 4.33 Å². The van der Waals surface area contributed by atoms with Gasteiger partial charge >= 0.3 is 6.00 Å². The van der Waals surface area contributed by atoms with E-state index in [1.165, 1.54) is 0 Å². The van der Waals surface area contributed by atoms with Crippen molar-refractivity contribution in [2.75, 3.05) is 0 Å². The topological polar surface area (TPSA) is 0 Å². The van der Waals surface area contributed by atoms with Crippen LogP contribution in [-0.4, -0.2) is 14.3 Å². The zero-order chi connectivity index (χ0) is 15.8. The summed E-state index contributed by atoms with van der Waals surface area (Å²) >= 11 is 54.5. The van der Waals surface area contributed by atoms with Crippen LogP contribution in [0, 0.1) is 0 Å². The van der Waals surface area contributed by atoms with Crippen molar-refractivity contribution in [3.05, 3.63) is 35.9 Å². The minimum atomic E-state index is -3.65. The minimum absolute atomic E-state index is 0.232. The Bertz CT molecular complexity index is 452. The molecule has 1 aromatic carbocycles. The molecule has 114 valence electrons. The minimum Gasteiger partial charge on any atom is -0.123 e. The monoisotopic (exact) mass is 470 g/mol. The SMILES string of the molecule is ClC(Cl)(CC(Cl)(Cl)C(Cl)(Cl)[Si](Cl)(Cl)Cl)c1ccccc1. The van der Waals surface area contributed by atoms with E-state index < -0.39 is 18.6 Å². The Kier molecular flexibility index (Phi) is 6.92. The third-order valence-electron chi connectivity index (χ3n) is 2.46. The first-order chi connectivity index (χ1) is 8.81. The molecular weight excluding hydrogens is 467 g/mol. The zero-order valence-corrected chi connectivity index (χ0v) is 17.3. The highest BCUT2D eigenvalue weighted by Gasteiger charge is 2.63. The molecule has 0 atom stereocenters. The molecule has 0 aliphatic carbocycles. The van der Waals surface area contributed by atoms with Crippen LogP contribution < -0.4 is 0 Å². The van der Waals surface area contributed by atoms with E-state index >= 15 is 0 Å².